The van der Waals surface area contributed by atoms with E-state index in [1.807, 2.05) is 29.2 Å². The molecule has 0 aliphatic carbocycles. The number of pyridine rings is 1. The number of anilines is 3. The first-order valence-electron chi connectivity index (χ1n) is 10.4. The number of amides is 2. The zero-order chi connectivity index (χ0) is 20.2. The van der Waals surface area contributed by atoms with Crippen LogP contribution < -0.4 is 15.1 Å². The smallest absolute Gasteiger partial charge is 0.322 e. The van der Waals surface area contributed by atoms with Gasteiger partial charge >= 0.3 is 6.03 Å². The van der Waals surface area contributed by atoms with Crippen molar-refractivity contribution in [1.29, 1.82) is 0 Å². The molecule has 2 aliphatic heterocycles. The van der Waals surface area contributed by atoms with Gasteiger partial charge < -0.3 is 20.0 Å². The Morgan fingerprint density at radius 3 is 2.48 bits per heavy atom. The van der Waals surface area contributed by atoms with E-state index < -0.39 is 0 Å². The highest BCUT2D eigenvalue weighted by Crippen LogP contribution is 2.26. The van der Waals surface area contributed by atoms with Crippen LogP contribution in [0.25, 0.3) is 0 Å². The maximum Gasteiger partial charge on any atom is 0.322 e. The number of piperidine rings is 1. The Balaban J connectivity index is 1.35. The average molecular weight is 414 g/mol. The Morgan fingerprint density at radius 2 is 1.79 bits per heavy atom. The van der Waals surface area contributed by atoms with Crippen LogP contribution in [0.1, 0.15) is 26.2 Å². The normalized spacial score (nSPS) is 19.9. The molecule has 1 atom stereocenters. The Kier molecular flexibility index (Phi) is 6.09. The summed E-state index contributed by atoms with van der Waals surface area (Å²) in [6, 6.07) is 11.9. The molecule has 2 saturated heterocycles. The third-order valence-electron chi connectivity index (χ3n) is 5.77. The summed E-state index contributed by atoms with van der Waals surface area (Å²) in [4.78, 5) is 23.7. The highest BCUT2D eigenvalue weighted by Gasteiger charge is 2.29. The maximum atomic E-state index is 12.8. The van der Waals surface area contributed by atoms with Crippen molar-refractivity contribution in [1.82, 2.24) is 9.88 Å². The molecule has 2 aliphatic rings. The lowest BCUT2D eigenvalue weighted by atomic mass is 10.1. The van der Waals surface area contributed by atoms with Crippen LogP contribution in [0.5, 0.6) is 0 Å². The minimum atomic E-state index is -0.0602. The molecule has 6 nitrogen and oxygen atoms in total. The van der Waals surface area contributed by atoms with Crippen molar-refractivity contribution in [3.05, 3.63) is 47.6 Å². The molecular weight excluding hydrogens is 386 g/mol. The quantitative estimate of drug-likeness (QED) is 0.806. The van der Waals surface area contributed by atoms with Crippen molar-refractivity contribution >= 4 is 34.8 Å². The molecule has 0 radical (unpaired) electrons. The van der Waals surface area contributed by atoms with E-state index >= 15 is 0 Å². The predicted octanol–water partition coefficient (Wildman–Crippen LogP) is 4.47. The first kappa shape index (κ1) is 19.8. The first-order chi connectivity index (χ1) is 14.1. The molecule has 0 bridgehead atoms. The van der Waals surface area contributed by atoms with Crippen LogP contribution in [0, 0.1) is 0 Å². The van der Waals surface area contributed by atoms with Crippen molar-refractivity contribution in [3.63, 3.8) is 0 Å². The summed E-state index contributed by atoms with van der Waals surface area (Å²) < 4.78 is 0. The maximum absolute atomic E-state index is 12.8. The van der Waals surface area contributed by atoms with Gasteiger partial charge in [0.15, 0.2) is 0 Å². The summed E-state index contributed by atoms with van der Waals surface area (Å²) in [7, 11) is 0. The summed E-state index contributed by atoms with van der Waals surface area (Å²) in [5, 5.41) is 3.69. The largest absolute Gasteiger partial charge is 0.372 e. The number of urea groups is 1. The number of carbonyl (C=O) groups excluding carboxylic acids is 1. The molecular formula is C22H28ClN5O. The van der Waals surface area contributed by atoms with Gasteiger partial charge in [0.05, 0.1) is 5.02 Å². The fraction of sp³-hybridized carbons (Fsp3) is 0.455. The number of hydrogen-bond donors (Lipinski definition) is 1. The Morgan fingerprint density at radius 1 is 1.03 bits per heavy atom. The van der Waals surface area contributed by atoms with Crippen molar-refractivity contribution in [2.24, 2.45) is 0 Å². The minimum Gasteiger partial charge on any atom is -0.372 e. The molecule has 0 spiro atoms. The number of nitrogens with one attached hydrogen (secondary N) is 1. The van der Waals surface area contributed by atoms with E-state index in [1.165, 1.54) is 24.9 Å². The summed E-state index contributed by atoms with van der Waals surface area (Å²) in [5.74, 6) is 0.786. The lowest BCUT2D eigenvalue weighted by Gasteiger charge is -2.40. The first-order valence-corrected chi connectivity index (χ1v) is 10.8. The molecule has 154 valence electrons. The van der Waals surface area contributed by atoms with Gasteiger partial charge in [0, 0.05) is 56.3 Å². The number of carbonyl (C=O) groups is 1. The summed E-state index contributed by atoms with van der Waals surface area (Å²) >= 11 is 6.28. The summed E-state index contributed by atoms with van der Waals surface area (Å²) in [6.45, 7) is 6.34. The van der Waals surface area contributed by atoms with Gasteiger partial charge in [0.2, 0.25) is 0 Å². The van der Waals surface area contributed by atoms with Gasteiger partial charge in [-0.05, 0) is 62.6 Å². The van der Waals surface area contributed by atoms with E-state index in [0.29, 0.717) is 24.7 Å². The highest BCUT2D eigenvalue weighted by molar-refractivity contribution is 6.32. The zero-order valence-electron chi connectivity index (χ0n) is 16.9. The van der Waals surface area contributed by atoms with Crippen LogP contribution in [0.4, 0.5) is 22.0 Å². The molecule has 29 heavy (non-hydrogen) atoms. The molecule has 0 saturated carbocycles. The van der Waals surface area contributed by atoms with Crippen molar-refractivity contribution in [2.75, 3.05) is 47.8 Å². The molecule has 1 aromatic heterocycles. The van der Waals surface area contributed by atoms with Gasteiger partial charge in [-0.2, -0.15) is 0 Å². The molecule has 2 aromatic rings. The Hall–Kier alpha value is -2.47. The van der Waals surface area contributed by atoms with Crippen molar-refractivity contribution in [3.8, 4) is 0 Å². The molecule has 3 heterocycles. The lowest BCUT2D eigenvalue weighted by Crippen LogP contribution is -2.55. The van der Waals surface area contributed by atoms with Crippen LogP contribution in [0.2, 0.25) is 5.02 Å². The van der Waals surface area contributed by atoms with E-state index in [9.17, 15) is 4.79 Å². The standard InChI is InChI=1S/C22H28ClN5O/c1-17-16-27(21-20(23)6-5-11-24-21)14-15-28(17)22(29)25-18-7-9-19(10-8-18)26-12-3-2-4-13-26/h5-11,17H,2-4,12-16H2,1H3,(H,25,29)/t17-/m0/s1. The van der Waals surface area contributed by atoms with E-state index in [-0.39, 0.29) is 12.1 Å². The van der Waals surface area contributed by atoms with Gasteiger partial charge in [0.25, 0.3) is 0 Å². The zero-order valence-corrected chi connectivity index (χ0v) is 17.6. The summed E-state index contributed by atoms with van der Waals surface area (Å²) in [5.41, 5.74) is 2.06. The number of rotatable bonds is 3. The van der Waals surface area contributed by atoms with Gasteiger partial charge in [-0.25, -0.2) is 9.78 Å². The van der Waals surface area contributed by atoms with Crippen molar-refractivity contribution < 1.29 is 4.79 Å². The van der Waals surface area contributed by atoms with E-state index in [1.54, 1.807) is 6.20 Å². The SMILES string of the molecule is C[C@H]1CN(c2ncccc2Cl)CCN1C(=O)Nc1ccc(N2CCCCC2)cc1. The number of halogens is 1. The fourth-order valence-corrected chi connectivity index (χ4v) is 4.41. The van der Waals surface area contributed by atoms with Gasteiger partial charge in [-0.3, -0.25) is 0 Å². The fourth-order valence-electron chi connectivity index (χ4n) is 4.16. The van der Waals surface area contributed by atoms with E-state index in [0.717, 1.165) is 24.6 Å². The predicted molar refractivity (Wildman–Crippen MR) is 119 cm³/mol. The van der Waals surface area contributed by atoms with Crippen LogP contribution in [0.3, 0.4) is 0 Å². The monoisotopic (exact) mass is 413 g/mol. The third-order valence-corrected chi connectivity index (χ3v) is 6.06. The second-order valence-corrected chi connectivity index (χ2v) is 8.23. The number of aromatic nitrogens is 1. The topological polar surface area (TPSA) is 51.7 Å². The third kappa shape index (κ3) is 4.58. The van der Waals surface area contributed by atoms with E-state index in [2.05, 4.69) is 39.2 Å². The molecule has 2 amide bonds. The molecule has 1 aromatic carbocycles. The Bertz CT molecular complexity index is 837. The molecule has 1 N–H and O–H groups in total. The highest BCUT2D eigenvalue weighted by atomic mass is 35.5. The van der Waals surface area contributed by atoms with Gasteiger partial charge in [0.1, 0.15) is 5.82 Å². The number of benzene rings is 1. The number of piperazine rings is 1. The second kappa shape index (κ2) is 8.91. The average Bonchev–Trinajstić information content (AvgIpc) is 2.75. The molecule has 4 rings (SSSR count). The van der Waals surface area contributed by atoms with Crippen LogP contribution >= 0.6 is 11.6 Å². The van der Waals surface area contributed by atoms with Crippen LogP contribution in [0.15, 0.2) is 42.6 Å². The number of nitrogens with zero attached hydrogens (tertiary/aromatic N) is 4. The van der Waals surface area contributed by atoms with Gasteiger partial charge in [-0.1, -0.05) is 11.6 Å². The molecule has 2 fully saturated rings. The van der Waals surface area contributed by atoms with Crippen LogP contribution in [-0.4, -0.2) is 54.7 Å². The lowest BCUT2D eigenvalue weighted by molar-refractivity contribution is 0.184. The second-order valence-electron chi connectivity index (χ2n) is 7.82. The Labute approximate surface area is 177 Å². The van der Waals surface area contributed by atoms with E-state index in [4.69, 9.17) is 11.6 Å². The minimum absolute atomic E-state index is 0.0602. The molecule has 7 heteroatoms. The van der Waals surface area contributed by atoms with Crippen LogP contribution in [-0.2, 0) is 0 Å². The summed E-state index contributed by atoms with van der Waals surface area (Å²) in [6.07, 6.45) is 5.58. The number of hydrogen-bond acceptors (Lipinski definition) is 4. The van der Waals surface area contributed by atoms with Gasteiger partial charge in [-0.15, -0.1) is 0 Å². The molecule has 0 unspecified atom stereocenters. The van der Waals surface area contributed by atoms with Crippen molar-refractivity contribution in [2.45, 2.75) is 32.2 Å².